The molecule has 17 heavy (non-hydrogen) atoms. The van der Waals surface area contributed by atoms with Crippen molar-refractivity contribution >= 4 is 23.4 Å². The van der Waals surface area contributed by atoms with Crippen LogP contribution < -0.4 is 0 Å². The molecule has 88 valence electrons. The van der Waals surface area contributed by atoms with E-state index in [9.17, 15) is 4.79 Å². The Kier molecular flexibility index (Phi) is 3.39. The number of carboxylic acids is 1. The molecule has 0 bridgehead atoms. The van der Waals surface area contributed by atoms with Crippen molar-refractivity contribution in [2.45, 2.75) is 13.5 Å². The largest absolute Gasteiger partial charge is 0.478 e. The van der Waals surface area contributed by atoms with Crippen LogP contribution in [0.2, 0.25) is 0 Å². The molecule has 0 fully saturated rings. The second kappa shape index (κ2) is 4.97. The van der Waals surface area contributed by atoms with Gasteiger partial charge in [0.15, 0.2) is 0 Å². The molecule has 2 heterocycles. The number of aliphatic carboxylic acids is 1. The van der Waals surface area contributed by atoms with Crippen molar-refractivity contribution in [2.75, 3.05) is 0 Å². The second-order valence-corrected chi connectivity index (χ2v) is 4.73. The lowest BCUT2D eigenvalue weighted by molar-refractivity contribution is -0.131. The van der Waals surface area contributed by atoms with Gasteiger partial charge in [-0.2, -0.15) is 5.10 Å². The fraction of sp³-hybridized carbons (Fsp3) is 0.167. The van der Waals surface area contributed by atoms with Crippen LogP contribution in [-0.2, 0) is 11.3 Å². The van der Waals surface area contributed by atoms with Crippen LogP contribution in [0.25, 0.3) is 6.08 Å². The van der Waals surface area contributed by atoms with Crippen molar-refractivity contribution in [2.24, 2.45) is 0 Å². The molecule has 5 heteroatoms. The van der Waals surface area contributed by atoms with Crippen LogP contribution in [0.3, 0.4) is 0 Å². The molecule has 1 N–H and O–H groups in total. The first-order valence-corrected chi connectivity index (χ1v) is 5.99. The van der Waals surface area contributed by atoms with Crippen LogP contribution in [0.1, 0.15) is 16.0 Å². The number of hydrogen-bond donors (Lipinski definition) is 1. The monoisotopic (exact) mass is 248 g/mol. The fourth-order valence-corrected chi connectivity index (χ4v) is 2.29. The molecule has 0 saturated heterocycles. The normalized spacial score (nSPS) is 11.1. The van der Waals surface area contributed by atoms with Gasteiger partial charge in [-0.05, 0) is 35.6 Å². The van der Waals surface area contributed by atoms with Gasteiger partial charge in [-0.15, -0.1) is 11.3 Å². The van der Waals surface area contributed by atoms with Crippen LogP contribution >= 0.6 is 11.3 Å². The van der Waals surface area contributed by atoms with Gasteiger partial charge < -0.3 is 5.11 Å². The maximum atomic E-state index is 10.4. The highest BCUT2D eigenvalue weighted by molar-refractivity contribution is 7.10. The van der Waals surface area contributed by atoms with Gasteiger partial charge in [0.25, 0.3) is 0 Å². The molecule has 4 nitrogen and oxygen atoms in total. The van der Waals surface area contributed by atoms with E-state index in [4.69, 9.17) is 5.11 Å². The van der Waals surface area contributed by atoms with E-state index in [-0.39, 0.29) is 0 Å². The van der Waals surface area contributed by atoms with Crippen molar-refractivity contribution in [3.05, 3.63) is 45.9 Å². The molecule has 0 atom stereocenters. The molecule has 0 aromatic carbocycles. The second-order valence-electron chi connectivity index (χ2n) is 3.73. The van der Waals surface area contributed by atoms with E-state index in [2.05, 4.69) is 5.10 Å². The first-order chi connectivity index (χ1) is 8.13. The molecule has 2 aromatic rings. The highest BCUT2D eigenvalue weighted by Gasteiger charge is 2.00. The first-order valence-electron chi connectivity index (χ1n) is 5.11. The molecule has 0 aliphatic heterocycles. The van der Waals surface area contributed by atoms with Gasteiger partial charge in [0, 0.05) is 17.2 Å². The third-order valence-corrected chi connectivity index (χ3v) is 3.11. The molecule has 0 unspecified atom stereocenters. The topological polar surface area (TPSA) is 55.1 Å². The first kappa shape index (κ1) is 11.6. The lowest BCUT2D eigenvalue weighted by Gasteiger charge is -1.96. The lowest BCUT2D eigenvalue weighted by atomic mass is 10.3. The smallest absolute Gasteiger partial charge is 0.328 e. The van der Waals surface area contributed by atoms with Crippen LogP contribution in [0, 0.1) is 6.92 Å². The number of carboxylic acid groups (broad SMARTS) is 1. The summed E-state index contributed by atoms with van der Waals surface area (Å²) < 4.78 is 1.87. The maximum absolute atomic E-state index is 10.4. The number of aryl methyl sites for hydroxylation is 1. The summed E-state index contributed by atoms with van der Waals surface area (Å²) in [4.78, 5) is 11.5. The van der Waals surface area contributed by atoms with Crippen LogP contribution in [0.15, 0.2) is 29.9 Å². The number of rotatable bonds is 4. The average Bonchev–Trinajstić information content (AvgIpc) is 2.86. The molecule has 0 saturated carbocycles. The summed E-state index contributed by atoms with van der Waals surface area (Å²) in [5, 5.41) is 14.7. The SMILES string of the molecule is Cc1cnn(Cc2cc(C=CC(=O)O)cs2)c1. The van der Waals surface area contributed by atoms with Crippen molar-refractivity contribution in [1.29, 1.82) is 0 Å². The van der Waals surface area contributed by atoms with Crippen molar-refractivity contribution in [3.8, 4) is 0 Å². The van der Waals surface area contributed by atoms with E-state index in [0.717, 1.165) is 28.6 Å². The summed E-state index contributed by atoms with van der Waals surface area (Å²) in [5.74, 6) is -0.930. The maximum Gasteiger partial charge on any atom is 0.328 e. The van der Waals surface area contributed by atoms with Crippen molar-refractivity contribution in [3.63, 3.8) is 0 Å². The quantitative estimate of drug-likeness (QED) is 0.845. The standard InChI is InChI=1S/C12H12N2O2S/c1-9-5-13-14(6-9)7-11-4-10(8-17-11)2-3-12(15)16/h2-6,8H,7H2,1H3,(H,15,16). The molecule has 0 spiro atoms. The van der Waals surface area contributed by atoms with Gasteiger partial charge >= 0.3 is 5.97 Å². The minimum absolute atomic E-state index is 0.722. The summed E-state index contributed by atoms with van der Waals surface area (Å²) in [5.41, 5.74) is 2.05. The fourth-order valence-electron chi connectivity index (χ4n) is 1.45. The molecular formula is C12H12N2O2S. The van der Waals surface area contributed by atoms with E-state index in [1.807, 2.05) is 35.4 Å². The Morgan fingerprint density at radius 1 is 1.65 bits per heavy atom. The van der Waals surface area contributed by atoms with Gasteiger partial charge in [0.2, 0.25) is 0 Å². The van der Waals surface area contributed by atoms with Crippen LogP contribution in [-0.4, -0.2) is 20.9 Å². The van der Waals surface area contributed by atoms with Gasteiger partial charge in [-0.3, -0.25) is 4.68 Å². The highest BCUT2D eigenvalue weighted by atomic mass is 32.1. The average molecular weight is 248 g/mol. The van der Waals surface area contributed by atoms with E-state index in [1.165, 1.54) is 0 Å². The Bertz CT molecular complexity index is 554. The Morgan fingerprint density at radius 2 is 2.47 bits per heavy atom. The summed E-state index contributed by atoms with van der Waals surface area (Å²) in [6.45, 7) is 2.72. The van der Waals surface area contributed by atoms with Gasteiger partial charge in [0.05, 0.1) is 12.7 Å². The van der Waals surface area contributed by atoms with Crippen molar-refractivity contribution in [1.82, 2.24) is 9.78 Å². The zero-order valence-electron chi connectivity index (χ0n) is 9.33. The predicted octanol–water partition coefficient (Wildman–Crippen LogP) is 2.40. The molecule has 2 rings (SSSR count). The number of hydrogen-bond acceptors (Lipinski definition) is 3. The summed E-state index contributed by atoms with van der Waals surface area (Å²) in [6, 6.07) is 1.97. The number of carbonyl (C=O) groups is 1. The van der Waals surface area contributed by atoms with E-state index in [1.54, 1.807) is 17.4 Å². The van der Waals surface area contributed by atoms with Crippen LogP contribution in [0.5, 0.6) is 0 Å². The van der Waals surface area contributed by atoms with E-state index in [0.29, 0.717) is 0 Å². The Hall–Kier alpha value is -1.88. The number of thiophene rings is 1. The third kappa shape index (κ3) is 3.29. The predicted molar refractivity (Wildman–Crippen MR) is 67.1 cm³/mol. The molecule has 0 aliphatic rings. The summed E-state index contributed by atoms with van der Waals surface area (Å²) in [7, 11) is 0. The highest BCUT2D eigenvalue weighted by Crippen LogP contribution is 2.17. The van der Waals surface area contributed by atoms with Crippen LogP contribution in [0.4, 0.5) is 0 Å². The number of aromatic nitrogens is 2. The molecular weight excluding hydrogens is 236 g/mol. The molecule has 0 aliphatic carbocycles. The third-order valence-electron chi connectivity index (χ3n) is 2.17. The molecule has 0 amide bonds. The Labute approximate surface area is 103 Å². The van der Waals surface area contributed by atoms with Crippen molar-refractivity contribution < 1.29 is 9.90 Å². The van der Waals surface area contributed by atoms with E-state index >= 15 is 0 Å². The zero-order valence-corrected chi connectivity index (χ0v) is 10.1. The lowest BCUT2D eigenvalue weighted by Crippen LogP contribution is -1.97. The summed E-state index contributed by atoms with van der Waals surface area (Å²) >= 11 is 1.60. The Morgan fingerprint density at radius 3 is 3.12 bits per heavy atom. The van der Waals surface area contributed by atoms with E-state index < -0.39 is 5.97 Å². The Balaban J connectivity index is 2.06. The van der Waals surface area contributed by atoms with Gasteiger partial charge in [-0.1, -0.05) is 0 Å². The van der Waals surface area contributed by atoms with Gasteiger partial charge in [-0.25, -0.2) is 4.79 Å². The van der Waals surface area contributed by atoms with Gasteiger partial charge in [0.1, 0.15) is 0 Å². The minimum Gasteiger partial charge on any atom is -0.478 e. The zero-order chi connectivity index (χ0) is 12.3. The number of nitrogens with zero attached hydrogens (tertiary/aromatic N) is 2. The molecule has 0 radical (unpaired) electrons. The molecule has 2 aromatic heterocycles. The summed E-state index contributed by atoms with van der Waals surface area (Å²) in [6.07, 6.45) is 6.53. The minimum atomic E-state index is -0.930.